The van der Waals surface area contributed by atoms with Crippen molar-refractivity contribution in [1.29, 1.82) is 0 Å². The van der Waals surface area contributed by atoms with Crippen LogP contribution in [0.5, 0.6) is 0 Å². The van der Waals surface area contributed by atoms with Crippen molar-refractivity contribution in [1.82, 2.24) is 18.3 Å². The number of rotatable bonds is 3. The maximum atomic E-state index is 11.3. The minimum atomic E-state index is -0.367. The van der Waals surface area contributed by atoms with Gasteiger partial charge in [0.05, 0.1) is 39.6 Å². The van der Waals surface area contributed by atoms with E-state index in [0.29, 0.717) is 49.5 Å². The summed E-state index contributed by atoms with van der Waals surface area (Å²) in [6, 6.07) is 36.3. The number of ketones is 2. The molecule has 15 rings (SSSR count). The molecule has 12 nitrogen and oxygen atoms in total. The second-order valence-corrected chi connectivity index (χ2v) is 22.5. The summed E-state index contributed by atoms with van der Waals surface area (Å²) in [5, 5.41) is 5.41. The van der Waals surface area contributed by atoms with Crippen molar-refractivity contribution >= 4 is 73.2 Å². The Morgan fingerprint density at radius 3 is 1.24 bits per heavy atom. The molecule has 4 aliphatic carbocycles. The van der Waals surface area contributed by atoms with Gasteiger partial charge in [0.25, 0.3) is 0 Å². The Morgan fingerprint density at radius 1 is 0.391 bits per heavy atom. The van der Waals surface area contributed by atoms with Gasteiger partial charge in [0.1, 0.15) is 11.6 Å². The van der Waals surface area contributed by atoms with Gasteiger partial charge in [0, 0.05) is 161 Å². The summed E-state index contributed by atoms with van der Waals surface area (Å²) in [4.78, 5) is 22.2. The molecule has 0 unspecified atom stereocenters. The first-order valence-electron chi connectivity index (χ1n) is 32.7. The molecule has 3 saturated heterocycles. The Labute approximate surface area is 526 Å². The SMILES string of the molecule is CC.CC.CC.CC.Cl.Cn1cc(C2=CCC3(CC2)OCCO3)c2ccccc21.Cn1cc(C2CCC(=O)CC2)c2ccccc21.Cn1cc(C2CCC3(CC2)OCCO3)c2ccccc21.Cn1ccc2ccccc21.O=C1CCC2(CC1)OCCO2. The average molecular weight is 1210 g/mol. The van der Waals surface area contributed by atoms with E-state index >= 15 is 0 Å². The summed E-state index contributed by atoms with van der Waals surface area (Å²) in [5.74, 6) is 1.04. The number of Topliss-reactive ketones (excluding diaryl/α,β-unsaturated/α-hetero) is 2. The van der Waals surface area contributed by atoms with Crippen LogP contribution >= 0.6 is 12.4 Å². The molecule has 3 saturated carbocycles. The topological polar surface area (TPSA) is 109 Å². The Hall–Kier alpha value is -5.83. The molecule has 3 spiro atoms. The zero-order valence-corrected chi connectivity index (χ0v) is 55.5. The second-order valence-electron chi connectivity index (χ2n) is 22.5. The molecule has 474 valence electrons. The molecule has 0 bridgehead atoms. The number of aryl methyl sites for hydroxylation is 4. The zero-order valence-electron chi connectivity index (χ0n) is 54.7. The van der Waals surface area contributed by atoms with E-state index in [0.717, 1.165) is 110 Å². The number of ether oxygens (including phenoxy) is 6. The molecule has 13 heteroatoms. The lowest BCUT2D eigenvalue weighted by Crippen LogP contribution is -2.35. The molecule has 7 aliphatic rings. The van der Waals surface area contributed by atoms with Crippen molar-refractivity contribution in [2.24, 2.45) is 28.2 Å². The molecule has 3 aliphatic heterocycles. The fraction of sp³-hybridized carbons (Fsp3) is 0.514. The van der Waals surface area contributed by atoms with Crippen molar-refractivity contribution in [2.45, 2.75) is 181 Å². The molecule has 8 aromatic rings. The lowest BCUT2D eigenvalue weighted by atomic mass is 9.81. The summed E-state index contributed by atoms with van der Waals surface area (Å²) in [7, 11) is 8.40. The van der Waals surface area contributed by atoms with Crippen LogP contribution < -0.4 is 0 Å². The van der Waals surface area contributed by atoms with Gasteiger partial charge in [0.2, 0.25) is 0 Å². The van der Waals surface area contributed by atoms with E-state index < -0.39 is 0 Å². The molecular weight excluding hydrogens is 1110 g/mol. The van der Waals surface area contributed by atoms with E-state index in [9.17, 15) is 9.59 Å². The Balaban J connectivity index is 0.000000172. The number of allylic oxidation sites excluding steroid dienone is 1. The zero-order chi connectivity index (χ0) is 61.7. The predicted octanol–water partition coefficient (Wildman–Crippen LogP) is 18.1. The standard InChI is InChI=1S/C17H21NO2.C17H19NO2.C15H17NO.C9H9N.C8H12O3.4C2H6.ClH/c2*1-18-12-15(14-4-2-3-5-16(14)18)13-6-8-17(9-7-13)19-10-11-20-17;1-16-10-14(11-6-8-12(17)9-7-11)13-4-2-3-5-15(13)16;1-10-7-6-8-4-2-3-5-9(8)10;9-7-1-3-8(4-2-7)10-5-6-11-8;4*1-2;/h2-5,12-13H,6-11H2,1H3;2-6,12H,7-11H2,1H3;2-5,10-11H,6-9H2,1H3;2-7H,1H3;1-6H2;4*1-2H3;1H. The van der Waals surface area contributed by atoms with E-state index in [2.05, 4.69) is 180 Å². The van der Waals surface area contributed by atoms with Crippen LogP contribution in [-0.2, 0) is 66.2 Å². The van der Waals surface area contributed by atoms with E-state index in [1.807, 2.05) is 55.4 Å². The number of carbonyl (C=O) groups excluding carboxylic acids is 2. The molecule has 6 fully saturated rings. The predicted molar refractivity (Wildman–Crippen MR) is 361 cm³/mol. The first kappa shape index (κ1) is 70.3. The molecular formula is C74H103ClN4O8. The first-order chi connectivity index (χ1) is 42.0. The lowest BCUT2D eigenvalue weighted by Gasteiger charge is -2.35. The van der Waals surface area contributed by atoms with Crippen LogP contribution in [0.4, 0.5) is 0 Å². The summed E-state index contributed by atoms with van der Waals surface area (Å²) >= 11 is 0. The lowest BCUT2D eigenvalue weighted by molar-refractivity contribution is -0.179. The minimum Gasteiger partial charge on any atom is -0.351 e. The second kappa shape index (κ2) is 34.2. The molecule has 87 heavy (non-hydrogen) atoms. The Bertz CT molecular complexity index is 3370. The number of para-hydroxylation sites is 4. The number of hydrogen-bond acceptors (Lipinski definition) is 8. The summed E-state index contributed by atoms with van der Waals surface area (Å²) < 4.78 is 42.9. The summed E-state index contributed by atoms with van der Waals surface area (Å²) in [6.07, 6.45) is 24.7. The average Bonchev–Trinajstić information content (AvgIpc) is 2.19. The normalized spacial score (nSPS) is 18.9. The number of halogens is 1. The highest BCUT2D eigenvalue weighted by Crippen LogP contribution is 2.45. The first-order valence-corrected chi connectivity index (χ1v) is 32.7. The maximum absolute atomic E-state index is 11.3. The fourth-order valence-electron chi connectivity index (χ4n) is 13.1. The number of aromatic nitrogens is 4. The summed E-state index contributed by atoms with van der Waals surface area (Å²) in [6.45, 7) is 20.4. The van der Waals surface area contributed by atoms with Crippen molar-refractivity contribution in [2.75, 3.05) is 39.6 Å². The fourth-order valence-corrected chi connectivity index (χ4v) is 13.1. The van der Waals surface area contributed by atoms with Crippen LogP contribution in [-0.4, -0.2) is 86.8 Å². The minimum absolute atomic E-state index is 0. The van der Waals surface area contributed by atoms with Gasteiger partial charge in [-0.2, -0.15) is 0 Å². The van der Waals surface area contributed by atoms with Crippen LogP contribution in [0.2, 0.25) is 0 Å². The van der Waals surface area contributed by atoms with Crippen molar-refractivity contribution < 1.29 is 38.0 Å². The molecule has 4 aromatic carbocycles. The van der Waals surface area contributed by atoms with Crippen molar-refractivity contribution in [3.8, 4) is 0 Å². The van der Waals surface area contributed by atoms with Gasteiger partial charge in [-0.25, -0.2) is 0 Å². The highest BCUT2D eigenvalue weighted by atomic mass is 35.5. The summed E-state index contributed by atoms with van der Waals surface area (Å²) in [5.41, 5.74) is 10.9. The van der Waals surface area contributed by atoms with E-state index in [1.165, 1.54) is 65.9 Å². The molecule has 7 heterocycles. The van der Waals surface area contributed by atoms with Gasteiger partial charge in [-0.05, 0) is 96.4 Å². The largest absolute Gasteiger partial charge is 0.351 e. The highest BCUT2D eigenvalue weighted by Gasteiger charge is 2.42. The third kappa shape index (κ3) is 17.3. The molecule has 0 amide bonds. The molecule has 0 atom stereocenters. The van der Waals surface area contributed by atoms with Gasteiger partial charge >= 0.3 is 0 Å². The van der Waals surface area contributed by atoms with Gasteiger partial charge in [-0.15, -0.1) is 12.4 Å². The number of benzene rings is 4. The Morgan fingerprint density at radius 2 is 0.770 bits per heavy atom. The smallest absolute Gasteiger partial charge is 0.172 e. The van der Waals surface area contributed by atoms with Crippen LogP contribution in [0.3, 0.4) is 0 Å². The third-order valence-corrected chi connectivity index (χ3v) is 17.5. The number of fused-ring (bicyclic) bond motifs is 4. The number of nitrogens with zero attached hydrogens (tertiary/aromatic N) is 4. The molecule has 0 N–H and O–H groups in total. The van der Waals surface area contributed by atoms with Crippen LogP contribution in [0.1, 0.15) is 180 Å². The van der Waals surface area contributed by atoms with Crippen LogP contribution in [0, 0.1) is 0 Å². The maximum Gasteiger partial charge on any atom is 0.172 e. The van der Waals surface area contributed by atoms with Crippen LogP contribution in [0.15, 0.2) is 134 Å². The Kier molecular flexibility index (Phi) is 27.6. The van der Waals surface area contributed by atoms with Gasteiger partial charge in [-0.3, -0.25) is 9.59 Å². The third-order valence-electron chi connectivity index (χ3n) is 17.5. The van der Waals surface area contributed by atoms with E-state index in [1.54, 1.807) is 0 Å². The van der Waals surface area contributed by atoms with Crippen LogP contribution in [0.25, 0.3) is 49.2 Å². The highest BCUT2D eigenvalue weighted by molar-refractivity contribution is 5.93. The van der Waals surface area contributed by atoms with Crippen molar-refractivity contribution in [3.05, 3.63) is 151 Å². The van der Waals surface area contributed by atoms with E-state index in [4.69, 9.17) is 28.4 Å². The number of hydrogen-bond donors (Lipinski definition) is 0. The van der Waals surface area contributed by atoms with Gasteiger partial charge in [-0.1, -0.05) is 134 Å². The van der Waals surface area contributed by atoms with Crippen molar-refractivity contribution in [3.63, 3.8) is 0 Å². The van der Waals surface area contributed by atoms with E-state index in [-0.39, 0.29) is 29.8 Å². The molecule has 4 aromatic heterocycles. The molecule has 0 radical (unpaired) electrons. The monoisotopic (exact) mass is 1210 g/mol. The quantitative estimate of drug-likeness (QED) is 0.172. The van der Waals surface area contributed by atoms with Gasteiger partial charge in [0.15, 0.2) is 17.4 Å². The van der Waals surface area contributed by atoms with Gasteiger partial charge < -0.3 is 46.7 Å². The number of carbonyl (C=O) groups is 2.